The quantitative estimate of drug-likeness (QED) is 0.507. The van der Waals surface area contributed by atoms with Crippen molar-refractivity contribution in [3.05, 3.63) is 48.0 Å². The van der Waals surface area contributed by atoms with E-state index < -0.39 is 0 Å². The molecule has 0 aliphatic carbocycles. The molecule has 1 fully saturated rings. The lowest BCUT2D eigenvalue weighted by molar-refractivity contribution is -0.132. The van der Waals surface area contributed by atoms with Crippen molar-refractivity contribution in [2.75, 3.05) is 58.1 Å². The van der Waals surface area contributed by atoms with Gasteiger partial charge in [-0.25, -0.2) is 4.98 Å². The topological polar surface area (TPSA) is 120 Å². The van der Waals surface area contributed by atoms with Crippen molar-refractivity contribution in [1.82, 2.24) is 14.9 Å². The lowest BCUT2D eigenvalue weighted by Gasteiger charge is -2.44. The average molecular weight is 479 g/mol. The standard InChI is InChI=1S/C26H34N6O3/c1-31(25-29-20-16-22(35-3)21(34-2)15-19(20)24(28)30-25)17-26(18-7-5-4-6-8-18)10-13-32(14-11-26)23(33)9-12-27/h4-8,15-16H,9-14,17,27H2,1-3H3,(H2,28,29,30). The number of nitrogens with zero attached hydrogens (tertiary/aromatic N) is 4. The number of rotatable bonds is 8. The zero-order valence-corrected chi connectivity index (χ0v) is 20.7. The maximum absolute atomic E-state index is 12.4. The second-order valence-electron chi connectivity index (χ2n) is 9.06. The van der Waals surface area contributed by atoms with Crippen molar-refractivity contribution in [2.24, 2.45) is 5.73 Å². The Balaban J connectivity index is 1.64. The van der Waals surface area contributed by atoms with Gasteiger partial charge in [0.25, 0.3) is 0 Å². The monoisotopic (exact) mass is 478 g/mol. The molecule has 0 saturated carbocycles. The number of carbonyl (C=O) groups excluding carboxylic acids is 1. The number of benzene rings is 2. The number of fused-ring (bicyclic) bond motifs is 1. The molecule has 3 aromatic rings. The van der Waals surface area contributed by atoms with E-state index in [1.807, 2.05) is 24.1 Å². The maximum atomic E-state index is 12.4. The number of likely N-dealkylation sites (tertiary alicyclic amines) is 1. The number of likely N-dealkylation sites (N-methyl/N-ethyl adjacent to an activating group) is 1. The molecule has 1 saturated heterocycles. The molecule has 1 amide bonds. The number of nitrogens with two attached hydrogens (primary N) is 2. The highest BCUT2D eigenvalue weighted by Gasteiger charge is 2.38. The Morgan fingerprint density at radius 1 is 1.09 bits per heavy atom. The van der Waals surface area contributed by atoms with Gasteiger partial charge in [0, 0.05) is 56.5 Å². The molecule has 35 heavy (non-hydrogen) atoms. The molecule has 2 heterocycles. The van der Waals surface area contributed by atoms with Crippen molar-refractivity contribution < 1.29 is 14.3 Å². The largest absolute Gasteiger partial charge is 0.493 e. The zero-order chi connectivity index (χ0) is 25.0. The fourth-order valence-corrected chi connectivity index (χ4v) is 4.96. The van der Waals surface area contributed by atoms with Gasteiger partial charge in [0.2, 0.25) is 11.9 Å². The molecule has 0 unspecified atom stereocenters. The maximum Gasteiger partial charge on any atom is 0.227 e. The number of carbonyl (C=O) groups is 1. The summed E-state index contributed by atoms with van der Waals surface area (Å²) in [5.74, 6) is 2.21. The Bertz CT molecular complexity index is 1180. The van der Waals surface area contributed by atoms with E-state index in [2.05, 4.69) is 34.1 Å². The summed E-state index contributed by atoms with van der Waals surface area (Å²) in [6.45, 7) is 2.45. The molecule has 9 nitrogen and oxygen atoms in total. The normalized spacial score (nSPS) is 15.1. The van der Waals surface area contributed by atoms with Crippen LogP contribution in [0.15, 0.2) is 42.5 Å². The Morgan fingerprint density at radius 2 is 1.74 bits per heavy atom. The predicted molar refractivity (Wildman–Crippen MR) is 138 cm³/mol. The number of hydrogen-bond donors (Lipinski definition) is 2. The molecule has 0 spiro atoms. The second-order valence-corrected chi connectivity index (χ2v) is 9.06. The highest BCUT2D eigenvalue weighted by Crippen LogP contribution is 2.38. The number of nitrogen functional groups attached to an aromatic ring is 1. The number of aromatic nitrogens is 2. The summed E-state index contributed by atoms with van der Waals surface area (Å²) in [5.41, 5.74) is 13.7. The minimum atomic E-state index is -0.153. The smallest absolute Gasteiger partial charge is 0.227 e. The third kappa shape index (κ3) is 4.95. The van der Waals surface area contributed by atoms with Crippen LogP contribution >= 0.6 is 0 Å². The van der Waals surface area contributed by atoms with Crippen molar-refractivity contribution >= 4 is 28.6 Å². The first kappa shape index (κ1) is 24.5. The summed E-state index contributed by atoms with van der Waals surface area (Å²) in [4.78, 5) is 25.8. The molecule has 1 aromatic heterocycles. The summed E-state index contributed by atoms with van der Waals surface area (Å²) in [7, 11) is 5.16. The fourth-order valence-electron chi connectivity index (χ4n) is 4.96. The number of amides is 1. The predicted octanol–water partition coefficient (Wildman–Crippen LogP) is 2.57. The van der Waals surface area contributed by atoms with Gasteiger partial charge < -0.3 is 30.7 Å². The van der Waals surface area contributed by atoms with Crippen LogP contribution in [0.3, 0.4) is 0 Å². The van der Waals surface area contributed by atoms with Crippen LogP contribution in [0, 0.1) is 0 Å². The minimum absolute atomic E-state index is 0.123. The minimum Gasteiger partial charge on any atom is -0.493 e. The highest BCUT2D eigenvalue weighted by molar-refractivity contribution is 5.91. The molecule has 9 heteroatoms. The molecule has 1 aliphatic rings. The van der Waals surface area contributed by atoms with Gasteiger partial charge in [0.15, 0.2) is 11.5 Å². The van der Waals surface area contributed by atoms with Crippen molar-refractivity contribution in [3.63, 3.8) is 0 Å². The van der Waals surface area contributed by atoms with E-state index >= 15 is 0 Å². The zero-order valence-electron chi connectivity index (χ0n) is 20.7. The average Bonchev–Trinajstić information content (AvgIpc) is 2.88. The van der Waals surface area contributed by atoms with Crippen LogP contribution < -0.4 is 25.8 Å². The Labute approximate surface area is 206 Å². The number of anilines is 2. The first-order valence-electron chi connectivity index (χ1n) is 11.8. The molecular weight excluding hydrogens is 444 g/mol. The molecule has 0 bridgehead atoms. The van der Waals surface area contributed by atoms with Gasteiger partial charge in [-0.3, -0.25) is 4.79 Å². The Morgan fingerprint density at radius 3 is 2.37 bits per heavy atom. The lowest BCUT2D eigenvalue weighted by Crippen LogP contribution is -2.50. The highest BCUT2D eigenvalue weighted by atomic mass is 16.5. The van der Waals surface area contributed by atoms with E-state index in [1.165, 1.54) is 5.56 Å². The van der Waals surface area contributed by atoms with Gasteiger partial charge in [-0.05, 0) is 24.5 Å². The van der Waals surface area contributed by atoms with Gasteiger partial charge in [-0.1, -0.05) is 30.3 Å². The summed E-state index contributed by atoms with van der Waals surface area (Å²) >= 11 is 0. The summed E-state index contributed by atoms with van der Waals surface area (Å²) in [6, 6.07) is 14.1. The van der Waals surface area contributed by atoms with Crippen LogP contribution in [-0.2, 0) is 10.2 Å². The van der Waals surface area contributed by atoms with E-state index in [4.69, 9.17) is 25.9 Å². The van der Waals surface area contributed by atoms with Gasteiger partial charge in [0.1, 0.15) is 5.82 Å². The molecule has 0 atom stereocenters. The molecular formula is C26H34N6O3. The summed E-state index contributed by atoms with van der Waals surface area (Å²) in [6.07, 6.45) is 2.06. The van der Waals surface area contributed by atoms with E-state index in [0.717, 1.165) is 12.8 Å². The molecule has 0 radical (unpaired) electrons. The van der Waals surface area contributed by atoms with Crippen molar-refractivity contribution in [2.45, 2.75) is 24.7 Å². The number of hydrogen-bond acceptors (Lipinski definition) is 8. The van der Waals surface area contributed by atoms with Crippen molar-refractivity contribution in [1.29, 1.82) is 0 Å². The second kappa shape index (κ2) is 10.4. The van der Waals surface area contributed by atoms with Gasteiger partial charge in [-0.2, -0.15) is 4.98 Å². The molecule has 4 rings (SSSR count). The first-order chi connectivity index (χ1) is 16.9. The van der Waals surface area contributed by atoms with Crippen LogP contribution in [0.1, 0.15) is 24.8 Å². The van der Waals surface area contributed by atoms with E-state index in [9.17, 15) is 4.79 Å². The third-order valence-electron chi connectivity index (χ3n) is 6.92. The van der Waals surface area contributed by atoms with E-state index in [0.29, 0.717) is 66.8 Å². The lowest BCUT2D eigenvalue weighted by atomic mass is 9.72. The van der Waals surface area contributed by atoms with Crippen LogP contribution in [-0.4, -0.2) is 68.2 Å². The van der Waals surface area contributed by atoms with Crippen LogP contribution in [0.5, 0.6) is 11.5 Å². The SMILES string of the molecule is COc1cc2nc(N(C)CC3(c4ccccc4)CCN(C(=O)CCN)CC3)nc(N)c2cc1OC. The molecule has 2 aromatic carbocycles. The Hall–Kier alpha value is -3.59. The summed E-state index contributed by atoms with van der Waals surface area (Å²) < 4.78 is 10.8. The van der Waals surface area contributed by atoms with E-state index in [1.54, 1.807) is 20.3 Å². The number of ether oxygens (including phenoxy) is 2. The van der Waals surface area contributed by atoms with Crippen LogP contribution in [0.2, 0.25) is 0 Å². The molecule has 186 valence electrons. The van der Waals surface area contributed by atoms with Crippen LogP contribution in [0.4, 0.5) is 11.8 Å². The van der Waals surface area contributed by atoms with Gasteiger partial charge >= 0.3 is 0 Å². The molecule has 4 N–H and O–H groups in total. The van der Waals surface area contributed by atoms with Gasteiger partial charge in [0.05, 0.1) is 19.7 Å². The number of methoxy groups -OCH3 is 2. The van der Waals surface area contributed by atoms with Crippen LogP contribution in [0.25, 0.3) is 10.9 Å². The van der Waals surface area contributed by atoms with E-state index in [-0.39, 0.29) is 11.3 Å². The Kier molecular flexibility index (Phi) is 7.25. The molecule has 1 aliphatic heterocycles. The fraction of sp³-hybridized carbons (Fsp3) is 0.423. The van der Waals surface area contributed by atoms with Crippen molar-refractivity contribution in [3.8, 4) is 11.5 Å². The van der Waals surface area contributed by atoms with Gasteiger partial charge in [-0.15, -0.1) is 0 Å². The summed E-state index contributed by atoms with van der Waals surface area (Å²) in [5, 5.41) is 0.712. The third-order valence-corrected chi connectivity index (χ3v) is 6.92. The number of piperidine rings is 1. The first-order valence-corrected chi connectivity index (χ1v) is 11.8.